The number of carboxylic acid groups (broad SMARTS) is 6. The van der Waals surface area contributed by atoms with Gasteiger partial charge in [-0.2, -0.15) is 0 Å². The van der Waals surface area contributed by atoms with Gasteiger partial charge in [-0.15, -0.1) is 0 Å². The van der Waals surface area contributed by atoms with Crippen LogP contribution in [0.4, 0.5) is 0 Å². The lowest BCUT2D eigenvalue weighted by Crippen LogP contribution is -2.10. The zero-order valence-corrected chi connectivity index (χ0v) is 21.8. The summed E-state index contributed by atoms with van der Waals surface area (Å²) in [5.41, 5.74) is 1.17. The van der Waals surface area contributed by atoms with E-state index in [0.717, 1.165) is 0 Å². The van der Waals surface area contributed by atoms with E-state index < -0.39 is 74.3 Å². The molecular formula is C30H24O12. The minimum absolute atomic E-state index is 0.195. The highest BCUT2D eigenvalue weighted by molar-refractivity contribution is 6.26. The molecule has 0 radical (unpaired) electrons. The first-order chi connectivity index (χ1) is 19.7. The van der Waals surface area contributed by atoms with Crippen LogP contribution in [0.5, 0.6) is 0 Å². The second-order valence-electron chi connectivity index (χ2n) is 9.92. The summed E-state index contributed by atoms with van der Waals surface area (Å²) in [7, 11) is 0. The van der Waals surface area contributed by atoms with E-state index in [4.69, 9.17) is 0 Å². The van der Waals surface area contributed by atoms with Crippen molar-refractivity contribution in [3.05, 3.63) is 69.8 Å². The van der Waals surface area contributed by atoms with Crippen molar-refractivity contribution in [3.8, 4) is 0 Å². The maximum Gasteiger partial charge on any atom is 0.307 e. The van der Waals surface area contributed by atoms with E-state index in [1.807, 2.05) is 0 Å². The minimum Gasteiger partial charge on any atom is -0.481 e. The van der Waals surface area contributed by atoms with Gasteiger partial charge in [-0.3, -0.25) is 28.8 Å². The summed E-state index contributed by atoms with van der Waals surface area (Å²) in [6, 6.07) is 8.96. The lowest BCUT2D eigenvalue weighted by atomic mass is 9.85. The molecule has 0 spiro atoms. The van der Waals surface area contributed by atoms with Gasteiger partial charge in [-0.1, -0.05) is 0 Å². The predicted molar refractivity (Wildman–Crippen MR) is 147 cm³/mol. The zero-order valence-electron chi connectivity index (χ0n) is 21.8. The van der Waals surface area contributed by atoms with Gasteiger partial charge in [0.15, 0.2) is 0 Å². The van der Waals surface area contributed by atoms with Gasteiger partial charge in [-0.05, 0) is 102 Å². The van der Waals surface area contributed by atoms with Gasteiger partial charge in [-0.25, -0.2) is 0 Å². The molecule has 0 aliphatic carbocycles. The number of benzene rings is 4. The fourth-order valence-electron chi connectivity index (χ4n) is 5.37. The van der Waals surface area contributed by atoms with Crippen molar-refractivity contribution < 1.29 is 59.4 Å². The van der Waals surface area contributed by atoms with E-state index in [2.05, 4.69) is 0 Å². The van der Waals surface area contributed by atoms with Crippen LogP contribution in [0.1, 0.15) is 33.4 Å². The van der Waals surface area contributed by atoms with Crippen LogP contribution in [0.15, 0.2) is 36.4 Å². The van der Waals surface area contributed by atoms with Gasteiger partial charge in [0.05, 0.1) is 38.5 Å². The molecular weight excluding hydrogens is 552 g/mol. The summed E-state index contributed by atoms with van der Waals surface area (Å²) in [5, 5.41) is 59.4. The molecule has 0 aliphatic heterocycles. The third kappa shape index (κ3) is 6.28. The third-order valence-electron chi connectivity index (χ3n) is 6.94. The number of carbonyl (C=O) groups is 6. The first-order valence-corrected chi connectivity index (χ1v) is 12.5. The molecule has 4 aromatic rings. The van der Waals surface area contributed by atoms with Crippen LogP contribution in [-0.4, -0.2) is 66.5 Å². The molecule has 6 N–H and O–H groups in total. The Morgan fingerprint density at radius 3 is 0.524 bits per heavy atom. The summed E-state index contributed by atoms with van der Waals surface area (Å²) in [6.45, 7) is 0. The number of hydrogen-bond acceptors (Lipinski definition) is 6. The van der Waals surface area contributed by atoms with Crippen LogP contribution >= 0.6 is 0 Å². The number of fused-ring (bicyclic) bond motifs is 6. The molecule has 4 rings (SSSR count). The maximum atomic E-state index is 11.6. The second-order valence-corrected chi connectivity index (χ2v) is 9.92. The third-order valence-corrected chi connectivity index (χ3v) is 6.94. The highest BCUT2D eigenvalue weighted by atomic mass is 16.4. The molecule has 0 unspecified atom stereocenters. The van der Waals surface area contributed by atoms with E-state index in [-0.39, 0.29) is 33.4 Å². The van der Waals surface area contributed by atoms with E-state index in [1.165, 1.54) is 36.4 Å². The molecule has 42 heavy (non-hydrogen) atoms. The lowest BCUT2D eigenvalue weighted by Gasteiger charge is -2.18. The molecule has 0 saturated carbocycles. The average molecular weight is 577 g/mol. The van der Waals surface area contributed by atoms with Gasteiger partial charge in [0.2, 0.25) is 0 Å². The van der Waals surface area contributed by atoms with Crippen molar-refractivity contribution in [2.24, 2.45) is 0 Å². The maximum absolute atomic E-state index is 11.6. The Morgan fingerprint density at radius 2 is 0.429 bits per heavy atom. The van der Waals surface area contributed by atoms with Gasteiger partial charge < -0.3 is 30.6 Å². The van der Waals surface area contributed by atoms with Crippen LogP contribution in [0.25, 0.3) is 32.3 Å². The van der Waals surface area contributed by atoms with Crippen LogP contribution in [0.3, 0.4) is 0 Å². The normalized spacial score (nSPS) is 11.1. The van der Waals surface area contributed by atoms with Crippen molar-refractivity contribution in [2.75, 3.05) is 0 Å². The van der Waals surface area contributed by atoms with E-state index >= 15 is 0 Å². The van der Waals surface area contributed by atoms with Crippen molar-refractivity contribution in [1.82, 2.24) is 0 Å². The number of rotatable bonds is 12. The number of aliphatic carboxylic acids is 6. The summed E-state index contributed by atoms with van der Waals surface area (Å²) in [5.74, 6) is -7.31. The van der Waals surface area contributed by atoms with Crippen molar-refractivity contribution in [3.63, 3.8) is 0 Å². The number of carboxylic acids is 6. The molecule has 0 aliphatic rings. The Bertz CT molecular complexity index is 1480. The standard InChI is InChI=1S/C30H24O12/c31-25(32)7-13-1-19-20(2-14(13)8-26(33)34)22-5-17(11-29(39)40)18(12-30(41)42)6-24(22)23-4-16(10-28(37)38)15(3-21(19)23)9-27(35)36/h1-6H,7-12H2,(H,31,32)(H,33,34)(H,35,36)(H,37,38)(H,39,40)(H,41,42). The van der Waals surface area contributed by atoms with Crippen molar-refractivity contribution in [1.29, 1.82) is 0 Å². The highest BCUT2D eigenvalue weighted by Gasteiger charge is 2.21. The Kier molecular flexibility index (Phi) is 8.09. The van der Waals surface area contributed by atoms with Gasteiger partial charge in [0.25, 0.3) is 0 Å². The van der Waals surface area contributed by atoms with Crippen molar-refractivity contribution >= 4 is 68.1 Å². The molecule has 0 fully saturated rings. The van der Waals surface area contributed by atoms with Crippen molar-refractivity contribution in [2.45, 2.75) is 38.5 Å². The predicted octanol–water partition coefficient (Wildman–Crippen LogP) is 2.91. The summed E-state index contributed by atoms with van der Waals surface area (Å²) >= 11 is 0. The van der Waals surface area contributed by atoms with Crippen LogP contribution in [0.2, 0.25) is 0 Å². The molecule has 4 aromatic carbocycles. The zero-order chi connectivity index (χ0) is 30.9. The topological polar surface area (TPSA) is 224 Å². The molecule has 12 heteroatoms. The van der Waals surface area contributed by atoms with Gasteiger partial charge in [0.1, 0.15) is 0 Å². The molecule has 0 atom stereocenters. The van der Waals surface area contributed by atoms with Crippen LogP contribution < -0.4 is 0 Å². The molecule has 0 amide bonds. The lowest BCUT2D eigenvalue weighted by molar-refractivity contribution is -0.137. The summed E-state index contributed by atoms with van der Waals surface area (Å²) in [6.07, 6.45) is -3.09. The minimum atomic E-state index is -1.22. The van der Waals surface area contributed by atoms with Crippen LogP contribution in [-0.2, 0) is 67.3 Å². The first-order valence-electron chi connectivity index (χ1n) is 12.5. The molecule has 0 aromatic heterocycles. The molecule has 0 bridgehead atoms. The Hall–Kier alpha value is -5.52. The fraction of sp³-hybridized carbons (Fsp3) is 0.200. The average Bonchev–Trinajstić information content (AvgIpc) is 2.84. The molecule has 12 nitrogen and oxygen atoms in total. The summed E-state index contributed by atoms with van der Waals surface area (Å²) in [4.78, 5) is 69.9. The summed E-state index contributed by atoms with van der Waals surface area (Å²) < 4.78 is 0. The Labute approximate surface area is 236 Å². The van der Waals surface area contributed by atoms with E-state index in [0.29, 0.717) is 32.3 Å². The highest BCUT2D eigenvalue weighted by Crippen LogP contribution is 2.40. The van der Waals surface area contributed by atoms with E-state index in [9.17, 15) is 59.4 Å². The quantitative estimate of drug-likeness (QED) is 0.134. The largest absolute Gasteiger partial charge is 0.481 e. The van der Waals surface area contributed by atoms with E-state index in [1.54, 1.807) is 0 Å². The number of hydrogen-bond donors (Lipinski definition) is 6. The van der Waals surface area contributed by atoms with Gasteiger partial charge in [0, 0.05) is 0 Å². The smallest absolute Gasteiger partial charge is 0.307 e. The Balaban J connectivity index is 2.27. The monoisotopic (exact) mass is 576 g/mol. The second kappa shape index (κ2) is 11.5. The molecule has 216 valence electrons. The molecule has 0 heterocycles. The van der Waals surface area contributed by atoms with Crippen LogP contribution in [0, 0.1) is 0 Å². The Morgan fingerprint density at radius 1 is 0.310 bits per heavy atom. The first kappa shape index (κ1) is 29.5. The van der Waals surface area contributed by atoms with Gasteiger partial charge >= 0.3 is 35.8 Å². The fourth-order valence-corrected chi connectivity index (χ4v) is 5.37. The molecule has 0 saturated heterocycles. The SMILES string of the molecule is O=C(O)Cc1cc2c3cc(CC(=O)O)c(CC(=O)O)cc3c3cc(CC(=O)O)c(CC(=O)O)cc3c2cc1CC(=O)O.